The van der Waals surface area contributed by atoms with E-state index in [0.717, 1.165) is 40.9 Å². The number of hydrogen-bond acceptors (Lipinski definition) is 4. The monoisotopic (exact) mass is 432 g/mol. The number of hydrogen-bond donors (Lipinski definition) is 1. The Morgan fingerprint density at radius 3 is 2.55 bits per heavy atom. The van der Waals surface area contributed by atoms with Crippen molar-refractivity contribution in [2.45, 2.75) is 24.7 Å². The summed E-state index contributed by atoms with van der Waals surface area (Å²) < 4.78 is 17.7. The fourth-order valence-electron chi connectivity index (χ4n) is 4.42. The molecule has 1 N–H and O–H groups in total. The number of rotatable bonds is 4. The Morgan fingerprint density at radius 2 is 1.71 bits per heavy atom. The molecule has 156 valence electrons. The highest BCUT2D eigenvalue weighted by molar-refractivity contribution is 6.33. The lowest BCUT2D eigenvalue weighted by molar-refractivity contribution is 0.0292. The minimum Gasteiger partial charge on any atom is -0.470 e. The summed E-state index contributed by atoms with van der Waals surface area (Å²) >= 11 is 6.58. The molecule has 5 nitrogen and oxygen atoms in total. The summed E-state index contributed by atoms with van der Waals surface area (Å²) in [5, 5.41) is 0.594. The second kappa shape index (κ2) is 7.68. The molecule has 6 rings (SSSR count). The molecule has 2 saturated heterocycles. The molecule has 1 unspecified atom stereocenters. The van der Waals surface area contributed by atoms with Gasteiger partial charge in [-0.3, -0.25) is 0 Å². The summed E-state index contributed by atoms with van der Waals surface area (Å²) in [5.74, 6) is 0.653. The van der Waals surface area contributed by atoms with Crippen LogP contribution in [0.5, 0.6) is 5.88 Å². The summed E-state index contributed by atoms with van der Waals surface area (Å²) in [6, 6.07) is 22.4. The molecule has 2 aromatic carbocycles. The van der Waals surface area contributed by atoms with Crippen LogP contribution in [-0.4, -0.2) is 41.5 Å². The maximum Gasteiger partial charge on any atom is 0.193 e. The molecule has 3 atom stereocenters. The number of nitrogens with one attached hydrogen (secondary N) is 1. The van der Waals surface area contributed by atoms with Gasteiger partial charge in [0.25, 0.3) is 0 Å². The van der Waals surface area contributed by atoms with Gasteiger partial charge < -0.3 is 19.2 Å². The van der Waals surface area contributed by atoms with E-state index in [-0.39, 0.29) is 18.3 Å². The van der Waals surface area contributed by atoms with Gasteiger partial charge in [-0.2, -0.15) is 0 Å². The van der Waals surface area contributed by atoms with Crippen LogP contribution in [0.1, 0.15) is 6.42 Å². The molecule has 2 fully saturated rings. The quantitative estimate of drug-likeness (QED) is 0.463. The maximum atomic E-state index is 6.58. The van der Waals surface area contributed by atoms with E-state index in [2.05, 4.69) is 41.4 Å². The van der Waals surface area contributed by atoms with Crippen molar-refractivity contribution < 1.29 is 14.2 Å². The summed E-state index contributed by atoms with van der Waals surface area (Å²) in [6.45, 7) is 1.27. The second-order valence-electron chi connectivity index (χ2n) is 7.98. The van der Waals surface area contributed by atoms with Gasteiger partial charge in [0.1, 0.15) is 6.10 Å². The normalized spacial score (nSPS) is 22.7. The topological polar surface area (TPSA) is 56.4 Å². The van der Waals surface area contributed by atoms with Gasteiger partial charge >= 0.3 is 0 Å². The van der Waals surface area contributed by atoms with Crippen molar-refractivity contribution in [1.29, 1.82) is 0 Å². The van der Waals surface area contributed by atoms with Gasteiger partial charge in [-0.15, -0.1) is 0 Å². The van der Waals surface area contributed by atoms with Crippen molar-refractivity contribution >= 4 is 22.6 Å². The number of aromatic nitrogens is 2. The molecule has 31 heavy (non-hydrogen) atoms. The molecule has 2 aromatic heterocycles. The lowest BCUT2D eigenvalue weighted by Gasteiger charge is -2.16. The van der Waals surface area contributed by atoms with Gasteiger partial charge in [-0.25, -0.2) is 4.98 Å². The molecule has 6 heteroatoms. The fourth-order valence-corrected chi connectivity index (χ4v) is 4.68. The summed E-state index contributed by atoms with van der Waals surface area (Å²) in [7, 11) is 0. The highest BCUT2D eigenvalue weighted by atomic mass is 35.5. The van der Waals surface area contributed by atoms with E-state index in [1.165, 1.54) is 5.56 Å². The Kier molecular flexibility index (Phi) is 4.68. The molecule has 2 aliphatic rings. The van der Waals surface area contributed by atoms with E-state index in [1.54, 1.807) is 0 Å². The lowest BCUT2D eigenvalue weighted by atomic mass is 10.0. The molecule has 0 saturated carbocycles. The predicted molar refractivity (Wildman–Crippen MR) is 120 cm³/mol. The van der Waals surface area contributed by atoms with E-state index in [9.17, 15) is 0 Å². The zero-order valence-corrected chi connectivity index (χ0v) is 17.5. The van der Waals surface area contributed by atoms with Gasteiger partial charge in [0, 0.05) is 18.2 Å². The standard InChI is InChI=1S/C25H21ClN2O3/c26-18-12-19-20(13-23(27-19)31-22-14-30-21-10-11-29-25(21)22)28-24(18)17-8-6-16(7-9-17)15-4-2-1-3-5-15/h1-9,12-13,21-22,25,27H,10-11,14H2/t21?,22-,25+/m1/s1. The number of fused-ring (bicyclic) bond motifs is 2. The van der Waals surface area contributed by atoms with Crippen LogP contribution >= 0.6 is 11.6 Å². The Balaban J connectivity index is 1.28. The molecule has 4 heterocycles. The minimum atomic E-state index is -0.110. The minimum absolute atomic E-state index is 0.00153. The van der Waals surface area contributed by atoms with Crippen molar-refractivity contribution in [3.05, 3.63) is 71.8 Å². The van der Waals surface area contributed by atoms with E-state index in [0.29, 0.717) is 17.5 Å². The van der Waals surface area contributed by atoms with Crippen LogP contribution < -0.4 is 4.74 Å². The number of aromatic amines is 1. The average Bonchev–Trinajstić information content (AvgIpc) is 3.51. The Morgan fingerprint density at radius 1 is 0.935 bits per heavy atom. The van der Waals surface area contributed by atoms with Gasteiger partial charge in [0.05, 0.1) is 34.5 Å². The third kappa shape index (κ3) is 3.49. The van der Waals surface area contributed by atoms with E-state index >= 15 is 0 Å². The van der Waals surface area contributed by atoms with Crippen molar-refractivity contribution in [2.24, 2.45) is 0 Å². The third-order valence-electron chi connectivity index (χ3n) is 6.00. The number of ether oxygens (including phenoxy) is 3. The lowest BCUT2D eigenvalue weighted by Crippen LogP contribution is -2.32. The largest absolute Gasteiger partial charge is 0.470 e. The average molecular weight is 433 g/mol. The van der Waals surface area contributed by atoms with Crippen LogP contribution in [0.2, 0.25) is 5.02 Å². The number of H-pyrrole nitrogens is 1. The van der Waals surface area contributed by atoms with Gasteiger partial charge in [-0.1, -0.05) is 66.2 Å². The van der Waals surface area contributed by atoms with Crippen LogP contribution in [0.4, 0.5) is 0 Å². The fraction of sp³-hybridized carbons (Fsp3) is 0.240. The SMILES string of the molecule is Clc1cc2[nH]c(O[C@@H]3COC4CCO[C@@H]43)cc2nc1-c1ccc(-c2ccccc2)cc1. The predicted octanol–water partition coefficient (Wildman–Crippen LogP) is 5.49. The Bertz CT molecular complexity index is 1220. The zero-order chi connectivity index (χ0) is 20.8. The van der Waals surface area contributed by atoms with Crippen LogP contribution in [0, 0.1) is 0 Å². The smallest absolute Gasteiger partial charge is 0.193 e. The third-order valence-corrected chi connectivity index (χ3v) is 6.28. The van der Waals surface area contributed by atoms with Crippen molar-refractivity contribution in [2.75, 3.05) is 13.2 Å². The molecular weight excluding hydrogens is 412 g/mol. The van der Waals surface area contributed by atoms with Crippen molar-refractivity contribution in [3.8, 4) is 28.3 Å². The first-order chi connectivity index (χ1) is 15.2. The molecule has 0 bridgehead atoms. The van der Waals surface area contributed by atoms with Crippen LogP contribution in [0.3, 0.4) is 0 Å². The molecule has 0 radical (unpaired) electrons. The van der Waals surface area contributed by atoms with E-state index in [4.69, 9.17) is 30.8 Å². The highest BCUT2D eigenvalue weighted by Crippen LogP contribution is 2.34. The molecule has 2 aliphatic heterocycles. The molecule has 4 aromatic rings. The number of benzene rings is 2. The van der Waals surface area contributed by atoms with E-state index < -0.39 is 0 Å². The first-order valence-corrected chi connectivity index (χ1v) is 10.9. The molecular formula is C25H21ClN2O3. The molecule has 0 spiro atoms. The molecule has 0 amide bonds. The van der Waals surface area contributed by atoms with Gasteiger partial charge in [0.15, 0.2) is 12.0 Å². The summed E-state index contributed by atoms with van der Waals surface area (Å²) in [4.78, 5) is 8.08. The Labute approximate surface area is 184 Å². The van der Waals surface area contributed by atoms with Gasteiger partial charge in [-0.05, 0) is 23.6 Å². The first-order valence-electron chi connectivity index (χ1n) is 10.5. The number of pyridine rings is 1. The summed E-state index contributed by atoms with van der Waals surface area (Å²) in [6.07, 6.45) is 0.968. The van der Waals surface area contributed by atoms with Gasteiger partial charge in [0.2, 0.25) is 0 Å². The number of nitrogens with zero attached hydrogens (tertiary/aromatic N) is 1. The maximum absolute atomic E-state index is 6.58. The van der Waals surface area contributed by atoms with Crippen LogP contribution in [-0.2, 0) is 9.47 Å². The first kappa shape index (κ1) is 18.9. The van der Waals surface area contributed by atoms with Crippen molar-refractivity contribution in [3.63, 3.8) is 0 Å². The van der Waals surface area contributed by atoms with E-state index in [1.807, 2.05) is 30.3 Å². The number of halogens is 1. The zero-order valence-electron chi connectivity index (χ0n) is 16.8. The van der Waals surface area contributed by atoms with Crippen LogP contribution in [0.25, 0.3) is 33.4 Å². The second-order valence-corrected chi connectivity index (χ2v) is 8.39. The Hall–Kier alpha value is -2.86. The highest BCUT2D eigenvalue weighted by Gasteiger charge is 2.43. The molecule has 0 aliphatic carbocycles. The van der Waals surface area contributed by atoms with Crippen LogP contribution in [0.15, 0.2) is 66.7 Å². The van der Waals surface area contributed by atoms with Crippen molar-refractivity contribution in [1.82, 2.24) is 9.97 Å². The summed E-state index contributed by atoms with van der Waals surface area (Å²) in [5.41, 5.74) is 5.71.